The molecule has 0 radical (unpaired) electrons. The quantitative estimate of drug-likeness (QED) is 0.697. The molecule has 1 unspecified atom stereocenters. The van der Waals surface area contributed by atoms with E-state index in [-0.39, 0.29) is 18.6 Å². The molecule has 1 aliphatic rings. The molecule has 1 aromatic carbocycles. The number of hydrogen-bond acceptors (Lipinski definition) is 5. The SMILES string of the molecule is CC(C)c1ccc(SCC(=O)N2CCOC(CN(C)CC(=O)O)C2)cc1. The van der Waals surface area contributed by atoms with E-state index in [0.29, 0.717) is 37.9 Å². The number of carboxylic acid groups (broad SMARTS) is 1. The molecule has 1 N–H and O–H groups in total. The van der Waals surface area contributed by atoms with Gasteiger partial charge >= 0.3 is 5.97 Å². The van der Waals surface area contributed by atoms with Crippen molar-refractivity contribution in [2.45, 2.75) is 30.8 Å². The lowest BCUT2D eigenvalue weighted by Gasteiger charge is -2.34. The molecule has 1 aliphatic heterocycles. The van der Waals surface area contributed by atoms with Crippen LogP contribution < -0.4 is 0 Å². The molecule has 0 aliphatic carbocycles. The van der Waals surface area contributed by atoms with Gasteiger partial charge < -0.3 is 14.7 Å². The molecule has 1 fully saturated rings. The average molecular weight is 381 g/mol. The fraction of sp³-hybridized carbons (Fsp3) is 0.579. The molecular weight excluding hydrogens is 352 g/mol. The molecule has 1 atom stereocenters. The molecule has 0 aromatic heterocycles. The van der Waals surface area contributed by atoms with Gasteiger partial charge in [0.15, 0.2) is 0 Å². The largest absolute Gasteiger partial charge is 0.480 e. The van der Waals surface area contributed by atoms with E-state index >= 15 is 0 Å². The van der Waals surface area contributed by atoms with Crippen LogP contribution in [-0.2, 0) is 14.3 Å². The summed E-state index contributed by atoms with van der Waals surface area (Å²) in [7, 11) is 1.74. The maximum atomic E-state index is 12.5. The third-order valence-electron chi connectivity index (χ3n) is 4.32. The highest BCUT2D eigenvalue weighted by Gasteiger charge is 2.25. The third kappa shape index (κ3) is 6.63. The molecule has 2 rings (SSSR count). The van der Waals surface area contributed by atoms with Crippen LogP contribution in [0.1, 0.15) is 25.3 Å². The lowest BCUT2D eigenvalue weighted by molar-refractivity contribution is -0.141. The zero-order valence-electron chi connectivity index (χ0n) is 15.7. The number of morpholine rings is 1. The number of carbonyl (C=O) groups is 2. The second kappa shape index (κ2) is 9.94. The standard InChI is InChI=1S/C19H28N2O4S/c1-14(2)15-4-6-17(7-5-15)26-13-18(22)21-8-9-25-16(11-21)10-20(3)12-19(23)24/h4-7,14,16H,8-13H2,1-3H3,(H,23,24). The number of rotatable bonds is 8. The first-order valence-electron chi connectivity index (χ1n) is 8.87. The summed E-state index contributed by atoms with van der Waals surface area (Å²) in [5, 5.41) is 8.83. The van der Waals surface area contributed by atoms with Crippen molar-refractivity contribution in [1.29, 1.82) is 0 Å². The van der Waals surface area contributed by atoms with Crippen LogP contribution in [0.15, 0.2) is 29.2 Å². The van der Waals surface area contributed by atoms with Gasteiger partial charge in [0.05, 0.1) is 25.0 Å². The number of nitrogens with zero attached hydrogens (tertiary/aromatic N) is 2. The van der Waals surface area contributed by atoms with Gasteiger partial charge in [0.25, 0.3) is 0 Å². The van der Waals surface area contributed by atoms with E-state index < -0.39 is 5.97 Å². The molecule has 0 spiro atoms. The zero-order valence-corrected chi connectivity index (χ0v) is 16.5. The van der Waals surface area contributed by atoms with Crippen LogP contribution in [0.2, 0.25) is 0 Å². The summed E-state index contributed by atoms with van der Waals surface area (Å²) >= 11 is 1.55. The van der Waals surface area contributed by atoms with Gasteiger partial charge in [-0.2, -0.15) is 0 Å². The Morgan fingerprint density at radius 2 is 2.04 bits per heavy atom. The molecule has 7 heteroatoms. The first-order valence-corrected chi connectivity index (χ1v) is 9.86. The number of amides is 1. The van der Waals surface area contributed by atoms with Crippen molar-refractivity contribution in [2.75, 3.05) is 45.6 Å². The van der Waals surface area contributed by atoms with Crippen LogP contribution in [-0.4, -0.2) is 78.5 Å². The number of carbonyl (C=O) groups excluding carboxylic acids is 1. The van der Waals surface area contributed by atoms with Crippen LogP contribution in [0, 0.1) is 0 Å². The van der Waals surface area contributed by atoms with E-state index in [1.165, 1.54) is 5.56 Å². The van der Waals surface area contributed by atoms with E-state index in [4.69, 9.17) is 9.84 Å². The van der Waals surface area contributed by atoms with E-state index in [2.05, 4.69) is 38.1 Å². The van der Waals surface area contributed by atoms with Crippen molar-refractivity contribution in [3.8, 4) is 0 Å². The highest BCUT2D eigenvalue weighted by atomic mass is 32.2. The number of thioether (sulfide) groups is 1. The molecular formula is C19H28N2O4S. The Labute approximate surface area is 159 Å². The van der Waals surface area contributed by atoms with Gasteiger partial charge in [0.1, 0.15) is 0 Å². The fourth-order valence-corrected chi connectivity index (χ4v) is 3.69. The topological polar surface area (TPSA) is 70.1 Å². The predicted octanol–water partition coefficient (Wildman–Crippen LogP) is 2.15. The number of aliphatic carboxylic acids is 1. The van der Waals surface area contributed by atoms with E-state index in [0.717, 1.165) is 4.90 Å². The Hall–Kier alpha value is -1.57. The summed E-state index contributed by atoms with van der Waals surface area (Å²) in [4.78, 5) is 27.9. The van der Waals surface area contributed by atoms with Gasteiger partial charge in [-0.15, -0.1) is 11.8 Å². The van der Waals surface area contributed by atoms with Crippen LogP contribution in [0.5, 0.6) is 0 Å². The summed E-state index contributed by atoms with van der Waals surface area (Å²) in [6.07, 6.45) is -0.146. The lowest BCUT2D eigenvalue weighted by Crippen LogP contribution is -2.50. The maximum Gasteiger partial charge on any atom is 0.317 e. The second-order valence-electron chi connectivity index (χ2n) is 6.94. The monoisotopic (exact) mass is 380 g/mol. The molecule has 6 nitrogen and oxygen atoms in total. The van der Waals surface area contributed by atoms with Crippen LogP contribution >= 0.6 is 11.8 Å². The minimum Gasteiger partial charge on any atom is -0.480 e. The summed E-state index contributed by atoms with van der Waals surface area (Å²) < 4.78 is 5.67. The first-order chi connectivity index (χ1) is 12.3. The Balaban J connectivity index is 1.80. The number of likely N-dealkylation sites (N-methyl/N-ethyl adjacent to an activating group) is 1. The Morgan fingerprint density at radius 3 is 2.65 bits per heavy atom. The highest BCUT2D eigenvalue weighted by Crippen LogP contribution is 2.22. The van der Waals surface area contributed by atoms with Crippen molar-refractivity contribution in [3.05, 3.63) is 29.8 Å². The van der Waals surface area contributed by atoms with Crippen molar-refractivity contribution in [3.63, 3.8) is 0 Å². The van der Waals surface area contributed by atoms with Crippen LogP contribution in [0.4, 0.5) is 0 Å². The molecule has 26 heavy (non-hydrogen) atoms. The van der Waals surface area contributed by atoms with E-state index in [1.807, 2.05) is 4.90 Å². The van der Waals surface area contributed by atoms with Crippen LogP contribution in [0.3, 0.4) is 0 Å². The summed E-state index contributed by atoms with van der Waals surface area (Å²) in [6, 6.07) is 8.35. The van der Waals surface area contributed by atoms with Crippen molar-refractivity contribution in [1.82, 2.24) is 9.80 Å². The Kier molecular flexibility index (Phi) is 7.93. The number of ether oxygens (including phenoxy) is 1. The molecule has 144 valence electrons. The Morgan fingerprint density at radius 1 is 1.35 bits per heavy atom. The molecule has 0 bridgehead atoms. The lowest BCUT2D eigenvalue weighted by atomic mass is 10.0. The maximum absolute atomic E-state index is 12.5. The van der Waals surface area contributed by atoms with E-state index in [1.54, 1.807) is 23.7 Å². The fourth-order valence-electron chi connectivity index (χ4n) is 2.88. The van der Waals surface area contributed by atoms with Crippen LogP contribution in [0.25, 0.3) is 0 Å². The first kappa shape index (κ1) is 20.7. The van der Waals surface area contributed by atoms with Gasteiger partial charge in [-0.1, -0.05) is 26.0 Å². The number of hydrogen-bond donors (Lipinski definition) is 1. The zero-order chi connectivity index (χ0) is 19.1. The van der Waals surface area contributed by atoms with Gasteiger partial charge in [0, 0.05) is 24.5 Å². The predicted molar refractivity (Wildman–Crippen MR) is 103 cm³/mol. The summed E-state index contributed by atoms with van der Waals surface area (Å²) in [5.74, 6) is 0.132. The molecule has 1 heterocycles. The second-order valence-corrected chi connectivity index (χ2v) is 7.98. The minimum atomic E-state index is -0.865. The number of benzene rings is 1. The average Bonchev–Trinajstić information content (AvgIpc) is 2.59. The molecule has 0 saturated carbocycles. The Bertz CT molecular complexity index is 606. The van der Waals surface area contributed by atoms with Crippen molar-refractivity contribution in [2.24, 2.45) is 0 Å². The third-order valence-corrected chi connectivity index (χ3v) is 5.32. The van der Waals surface area contributed by atoms with Gasteiger partial charge in [-0.05, 0) is 30.7 Å². The number of carboxylic acids is 1. The van der Waals surface area contributed by atoms with Gasteiger partial charge in [-0.25, -0.2) is 0 Å². The normalized spacial score (nSPS) is 17.7. The van der Waals surface area contributed by atoms with Crippen molar-refractivity contribution >= 4 is 23.6 Å². The van der Waals surface area contributed by atoms with Crippen molar-refractivity contribution < 1.29 is 19.4 Å². The minimum absolute atomic E-state index is 0.0317. The molecule has 1 amide bonds. The highest BCUT2D eigenvalue weighted by molar-refractivity contribution is 8.00. The van der Waals surface area contributed by atoms with Gasteiger partial charge in [0.2, 0.25) is 5.91 Å². The molecule has 1 aromatic rings. The molecule has 1 saturated heterocycles. The smallest absolute Gasteiger partial charge is 0.317 e. The van der Waals surface area contributed by atoms with E-state index in [9.17, 15) is 9.59 Å². The summed E-state index contributed by atoms with van der Waals surface area (Å²) in [6.45, 7) is 6.38. The summed E-state index contributed by atoms with van der Waals surface area (Å²) in [5.41, 5.74) is 1.29. The van der Waals surface area contributed by atoms with Gasteiger partial charge in [-0.3, -0.25) is 14.5 Å².